The van der Waals surface area contributed by atoms with E-state index in [9.17, 15) is 37.1 Å². The average molecular weight is 581 g/mol. The molecule has 0 atom stereocenters. The van der Waals surface area contributed by atoms with Gasteiger partial charge in [0.1, 0.15) is 33.0 Å². The lowest BCUT2D eigenvalue weighted by molar-refractivity contribution is -0.140. The Morgan fingerprint density at radius 3 is 2.54 bits per heavy atom. The fourth-order valence-electron chi connectivity index (χ4n) is 3.53. The topological polar surface area (TPSA) is 120 Å². The molecule has 1 saturated heterocycles. The number of thiocarbonyl (C=S) groups is 1. The molecule has 39 heavy (non-hydrogen) atoms. The number of hydrogen-bond acceptors (Lipinski definition) is 7. The van der Waals surface area contributed by atoms with Crippen molar-refractivity contribution < 1.29 is 46.6 Å². The summed E-state index contributed by atoms with van der Waals surface area (Å²) < 4.78 is 58.4. The van der Waals surface area contributed by atoms with E-state index in [-0.39, 0.29) is 50.5 Å². The number of aromatic carboxylic acids is 1. The molecule has 1 aliphatic rings. The molecule has 2 amide bonds. The van der Waals surface area contributed by atoms with Gasteiger partial charge in [-0.3, -0.25) is 14.5 Å². The number of halogens is 4. The van der Waals surface area contributed by atoms with Crippen molar-refractivity contribution in [2.24, 2.45) is 0 Å². The van der Waals surface area contributed by atoms with Crippen LogP contribution >= 0.6 is 24.0 Å². The highest BCUT2D eigenvalue weighted by atomic mass is 32.2. The third kappa shape index (κ3) is 6.29. The number of alkyl halides is 3. The molecule has 3 aromatic rings. The van der Waals surface area contributed by atoms with Crippen molar-refractivity contribution in [2.75, 3.05) is 11.9 Å². The van der Waals surface area contributed by atoms with Gasteiger partial charge in [0.15, 0.2) is 0 Å². The van der Waals surface area contributed by atoms with Gasteiger partial charge in [0.25, 0.3) is 5.91 Å². The van der Waals surface area contributed by atoms with Crippen molar-refractivity contribution in [3.63, 3.8) is 0 Å². The maximum Gasteiger partial charge on any atom is 0.419 e. The summed E-state index contributed by atoms with van der Waals surface area (Å²) in [7, 11) is 0. The SMILES string of the molecule is O=C(CCN1C(=O)C(=Cc2ccc(-c3ccc(F)c(C(F)(F)F)c3)o2)SC1=S)Nc1ccc(C(=O)O)c(O)c1. The molecule has 1 aliphatic heterocycles. The van der Waals surface area contributed by atoms with Gasteiger partial charge in [0.2, 0.25) is 5.91 Å². The number of phenols is 1. The van der Waals surface area contributed by atoms with Crippen LogP contribution in [0, 0.1) is 5.82 Å². The van der Waals surface area contributed by atoms with Crippen LogP contribution in [-0.4, -0.2) is 43.8 Å². The van der Waals surface area contributed by atoms with Crippen molar-refractivity contribution in [3.8, 4) is 17.1 Å². The van der Waals surface area contributed by atoms with Gasteiger partial charge in [0, 0.05) is 36.4 Å². The van der Waals surface area contributed by atoms with Crippen molar-refractivity contribution >= 4 is 57.8 Å². The summed E-state index contributed by atoms with van der Waals surface area (Å²) in [5.74, 6) is -4.13. The first-order valence-electron chi connectivity index (χ1n) is 10.9. The van der Waals surface area contributed by atoms with Crippen molar-refractivity contribution in [3.05, 3.63) is 76.1 Å². The predicted octanol–water partition coefficient (Wildman–Crippen LogP) is 5.74. The lowest BCUT2D eigenvalue weighted by atomic mass is 10.1. The van der Waals surface area contributed by atoms with E-state index in [2.05, 4.69) is 5.32 Å². The quantitative estimate of drug-likeness (QED) is 0.184. The zero-order valence-electron chi connectivity index (χ0n) is 19.4. The maximum atomic E-state index is 13.6. The fraction of sp³-hybridized carbons (Fsp3) is 0.120. The Morgan fingerprint density at radius 2 is 1.87 bits per heavy atom. The van der Waals surface area contributed by atoms with Gasteiger partial charge >= 0.3 is 12.1 Å². The summed E-state index contributed by atoms with van der Waals surface area (Å²) in [4.78, 5) is 37.5. The van der Waals surface area contributed by atoms with E-state index in [1.54, 1.807) is 0 Å². The first-order chi connectivity index (χ1) is 18.3. The Bertz CT molecular complexity index is 1530. The largest absolute Gasteiger partial charge is 0.507 e. The lowest BCUT2D eigenvalue weighted by Crippen LogP contribution is -2.31. The Morgan fingerprint density at radius 1 is 1.13 bits per heavy atom. The summed E-state index contributed by atoms with van der Waals surface area (Å²) in [5, 5.41) is 21.2. The molecule has 1 fully saturated rings. The number of anilines is 1. The van der Waals surface area contributed by atoms with Crippen molar-refractivity contribution in [2.45, 2.75) is 12.6 Å². The third-order valence-corrected chi connectivity index (χ3v) is 6.78. The van der Waals surface area contributed by atoms with Gasteiger partial charge in [-0.05, 0) is 42.5 Å². The first-order valence-corrected chi connectivity index (χ1v) is 12.1. The van der Waals surface area contributed by atoms with E-state index in [4.69, 9.17) is 21.7 Å². The molecular weight excluding hydrogens is 564 g/mol. The highest BCUT2D eigenvalue weighted by molar-refractivity contribution is 8.26. The number of carbonyl (C=O) groups excluding carboxylic acids is 2. The summed E-state index contributed by atoms with van der Waals surface area (Å²) in [6.07, 6.45) is -3.70. The molecule has 0 saturated carbocycles. The number of benzene rings is 2. The van der Waals surface area contributed by atoms with Gasteiger partial charge in [-0.2, -0.15) is 13.2 Å². The molecule has 3 N–H and O–H groups in total. The molecule has 0 unspecified atom stereocenters. The highest BCUT2D eigenvalue weighted by Gasteiger charge is 2.35. The van der Waals surface area contributed by atoms with E-state index in [1.165, 1.54) is 29.2 Å². The summed E-state index contributed by atoms with van der Waals surface area (Å²) in [5.41, 5.74) is -1.61. The molecular formula is C25H16F4N2O6S2. The molecule has 2 aromatic carbocycles. The third-order valence-electron chi connectivity index (χ3n) is 5.40. The maximum absolute atomic E-state index is 13.6. The normalized spacial score (nSPS) is 14.8. The number of carboxylic acids is 1. The van der Waals surface area contributed by atoms with E-state index in [0.717, 1.165) is 30.0 Å². The molecule has 14 heteroatoms. The second kappa shape index (κ2) is 10.9. The number of aromatic hydroxyl groups is 1. The fourth-order valence-corrected chi connectivity index (χ4v) is 4.82. The van der Waals surface area contributed by atoms with Crippen LogP contribution in [-0.2, 0) is 15.8 Å². The molecule has 1 aromatic heterocycles. The van der Waals surface area contributed by atoms with Crippen molar-refractivity contribution in [1.29, 1.82) is 0 Å². The zero-order chi connectivity index (χ0) is 28.5. The number of amides is 2. The Balaban J connectivity index is 1.40. The van der Waals surface area contributed by atoms with E-state index < -0.39 is 41.1 Å². The van der Waals surface area contributed by atoms with E-state index in [0.29, 0.717) is 12.1 Å². The zero-order valence-corrected chi connectivity index (χ0v) is 21.0. The smallest absolute Gasteiger partial charge is 0.419 e. The summed E-state index contributed by atoms with van der Waals surface area (Å²) in [6, 6.07) is 8.78. The molecule has 0 spiro atoms. The lowest BCUT2D eigenvalue weighted by Gasteiger charge is -2.14. The Labute approximate surface area is 226 Å². The highest BCUT2D eigenvalue weighted by Crippen LogP contribution is 2.36. The number of nitrogens with zero attached hydrogens (tertiary/aromatic N) is 1. The van der Waals surface area contributed by atoms with Gasteiger partial charge in [-0.25, -0.2) is 9.18 Å². The van der Waals surface area contributed by atoms with Crippen molar-refractivity contribution in [1.82, 2.24) is 4.90 Å². The number of carbonyl (C=O) groups is 3. The second-order valence-electron chi connectivity index (χ2n) is 8.06. The van der Waals surface area contributed by atoms with E-state index >= 15 is 0 Å². The minimum atomic E-state index is -4.88. The molecule has 0 bridgehead atoms. The first kappa shape index (κ1) is 27.9. The van der Waals surface area contributed by atoms with Gasteiger partial charge in [-0.15, -0.1) is 0 Å². The van der Waals surface area contributed by atoms with Crippen LogP contribution in [0.4, 0.5) is 23.2 Å². The number of hydrogen-bond donors (Lipinski definition) is 3. The van der Waals surface area contributed by atoms with Gasteiger partial charge < -0.3 is 19.9 Å². The monoisotopic (exact) mass is 580 g/mol. The predicted molar refractivity (Wildman–Crippen MR) is 137 cm³/mol. The van der Waals surface area contributed by atoms with Crippen LogP contribution < -0.4 is 5.32 Å². The van der Waals surface area contributed by atoms with Gasteiger partial charge in [0.05, 0.1) is 10.5 Å². The molecule has 202 valence electrons. The van der Waals surface area contributed by atoms with Crippen LogP contribution in [0.15, 0.2) is 57.9 Å². The number of rotatable bonds is 7. The van der Waals surface area contributed by atoms with Crippen LogP contribution in [0.1, 0.15) is 28.1 Å². The Hall–Kier alpha value is -4.17. The molecule has 4 rings (SSSR count). The Kier molecular flexibility index (Phi) is 7.79. The number of carboxylic acid groups (broad SMARTS) is 1. The summed E-state index contributed by atoms with van der Waals surface area (Å²) >= 11 is 6.17. The second-order valence-corrected chi connectivity index (χ2v) is 9.74. The number of thioether (sulfide) groups is 1. The van der Waals surface area contributed by atoms with Crippen LogP contribution in [0.5, 0.6) is 5.75 Å². The molecule has 0 aliphatic carbocycles. The van der Waals surface area contributed by atoms with Crippen LogP contribution in [0.2, 0.25) is 0 Å². The van der Waals surface area contributed by atoms with E-state index in [1.807, 2.05) is 0 Å². The molecule has 8 nitrogen and oxygen atoms in total. The van der Waals surface area contributed by atoms with Gasteiger partial charge in [-0.1, -0.05) is 24.0 Å². The average Bonchev–Trinajstić information content (AvgIpc) is 3.41. The number of nitrogens with one attached hydrogen (secondary N) is 1. The van der Waals surface area contributed by atoms with Crippen LogP contribution in [0.25, 0.3) is 17.4 Å². The standard InChI is InChI=1S/C25H16F4N2O6S2/c26-17-5-1-12(9-16(17)25(27,28)29)19-6-3-14(37-19)11-20-22(34)31(24(38)39-20)8-7-21(33)30-13-2-4-15(23(35)36)18(32)10-13/h1-6,9-11,32H,7-8H2,(H,30,33)(H,35,36). The molecule has 0 radical (unpaired) electrons. The number of furan rings is 1. The van der Waals surface area contributed by atoms with Crippen LogP contribution in [0.3, 0.4) is 0 Å². The minimum absolute atomic E-state index is 0.00662. The molecule has 2 heterocycles. The minimum Gasteiger partial charge on any atom is -0.507 e. The summed E-state index contributed by atoms with van der Waals surface area (Å²) in [6.45, 7) is -0.0771.